The number of hydrogen-bond donors (Lipinski definition) is 1. The maximum absolute atomic E-state index is 12.4. The van der Waals surface area contributed by atoms with Crippen molar-refractivity contribution in [2.75, 3.05) is 20.1 Å². The smallest absolute Gasteiger partial charge is 0.243 e. The van der Waals surface area contributed by atoms with Crippen LogP contribution in [0.2, 0.25) is 5.02 Å². The molecule has 102 valence electrons. The van der Waals surface area contributed by atoms with E-state index in [9.17, 15) is 8.42 Å². The van der Waals surface area contributed by atoms with Crippen molar-refractivity contribution in [3.8, 4) is 6.07 Å². The SMILES string of the molecule is CN(C1CCNC1)S(=O)(=O)c1ccc(Cl)c(C#N)c1. The first kappa shape index (κ1) is 14.3. The Morgan fingerprint density at radius 2 is 2.26 bits per heavy atom. The highest BCUT2D eigenvalue weighted by Crippen LogP contribution is 2.23. The monoisotopic (exact) mass is 299 g/mol. The summed E-state index contributed by atoms with van der Waals surface area (Å²) in [4.78, 5) is 0.0999. The van der Waals surface area contributed by atoms with E-state index in [1.165, 1.54) is 22.5 Å². The third kappa shape index (κ3) is 2.74. The number of nitrogens with one attached hydrogen (secondary N) is 1. The van der Waals surface area contributed by atoms with Crippen molar-refractivity contribution in [1.82, 2.24) is 9.62 Å². The predicted molar refractivity (Wildman–Crippen MR) is 72.4 cm³/mol. The van der Waals surface area contributed by atoms with Crippen LogP contribution in [0.5, 0.6) is 0 Å². The van der Waals surface area contributed by atoms with Gasteiger partial charge in [0, 0.05) is 19.6 Å². The molecule has 1 saturated heterocycles. The molecule has 5 nitrogen and oxygen atoms in total. The van der Waals surface area contributed by atoms with Crippen molar-refractivity contribution in [3.05, 3.63) is 28.8 Å². The molecule has 1 aliphatic heterocycles. The van der Waals surface area contributed by atoms with Crippen LogP contribution in [0.3, 0.4) is 0 Å². The highest BCUT2D eigenvalue weighted by atomic mass is 35.5. The summed E-state index contributed by atoms with van der Waals surface area (Å²) >= 11 is 5.81. The van der Waals surface area contributed by atoms with Gasteiger partial charge in [-0.1, -0.05) is 11.6 Å². The summed E-state index contributed by atoms with van der Waals surface area (Å²) in [6.45, 7) is 1.46. The van der Waals surface area contributed by atoms with E-state index in [1.54, 1.807) is 7.05 Å². The van der Waals surface area contributed by atoms with Crippen molar-refractivity contribution in [1.29, 1.82) is 5.26 Å². The fourth-order valence-electron chi connectivity index (χ4n) is 2.06. The van der Waals surface area contributed by atoms with Gasteiger partial charge >= 0.3 is 0 Å². The van der Waals surface area contributed by atoms with Crippen LogP contribution in [0.4, 0.5) is 0 Å². The standard InChI is InChI=1S/C12H14ClN3O2S/c1-16(10-4-5-15-8-10)19(17,18)11-2-3-12(13)9(6-11)7-14/h2-3,6,10,15H,4-5,8H2,1H3. The van der Waals surface area contributed by atoms with Crippen LogP contribution in [-0.2, 0) is 10.0 Å². The number of benzene rings is 1. The Morgan fingerprint density at radius 3 is 2.84 bits per heavy atom. The second-order valence-corrected chi connectivity index (χ2v) is 6.83. The molecule has 0 saturated carbocycles. The van der Waals surface area contributed by atoms with Crippen molar-refractivity contribution >= 4 is 21.6 Å². The first-order valence-corrected chi connectivity index (χ1v) is 7.67. The third-order valence-electron chi connectivity index (χ3n) is 3.28. The maximum Gasteiger partial charge on any atom is 0.243 e. The van der Waals surface area contributed by atoms with Gasteiger partial charge in [0.15, 0.2) is 0 Å². The van der Waals surface area contributed by atoms with Crippen LogP contribution < -0.4 is 5.32 Å². The fraction of sp³-hybridized carbons (Fsp3) is 0.417. The molecular formula is C12H14ClN3O2S. The van der Waals surface area contributed by atoms with Crippen molar-refractivity contribution < 1.29 is 8.42 Å². The number of likely N-dealkylation sites (N-methyl/N-ethyl adjacent to an activating group) is 1. The van der Waals surface area contributed by atoms with E-state index in [2.05, 4.69) is 5.32 Å². The fourth-order valence-corrected chi connectivity index (χ4v) is 3.63. The Balaban J connectivity index is 2.36. The lowest BCUT2D eigenvalue weighted by atomic mass is 10.2. The normalized spacial score (nSPS) is 19.6. The number of nitrogens with zero attached hydrogens (tertiary/aromatic N) is 2. The summed E-state index contributed by atoms with van der Waals surface area (Å²) in [6.07, 6.45) is 0.786. The van der Waals surface area contributed by atoms with E-state index in [-0.39, 0.29) is 21.5 Å². The van der Waals surface area contributed by atoms with Gasteiger partial charge in [-0.25, -0.2) is 8.42 Å². The molecular weight excluding hydrogens is 286 g/mol. The minimum absolute atomic E-state index is 0.0498. The highest BCUT2D eigenvalue weighted by molar-refractivity contribution is 7.89. The van der Waals surface area contributed by atoms with E-state index in [1.807, 2.05) is 6.07 Å². The van der Waals surface area contributed by atoms with Crippen molar-refractivity contribution in [2.24, 2.45) is 0 Å². The van der Waals surface area contributed by atoms with Gasteiger partial charge in [-0.15, -0.1) is 0 Å². The van der Waals surface area contributed by atoms with Crippen LogP contribution in [0.1, 0.15) is 12.0 Å². The Hall–Kier alpha value is -1.13. The molecule has 1 aromatic carbocycles. The van der Waals surface area contributed by atoms with Crippen LogP contribution in [0, 0.1) is 11.3 Å². The average Bonchev–Trinajstić information content (AvgIpc) is 2.91. The molecule has 0 amide bonds. The molecule has 2 rings (SSSR count). The van der Waals surface area contributed by atoms with Crippen LogP contribution in [0.15, 0.2) is 23.1 Å². The molecule has 0 aromatic heterocycles. The first-order chi connectivity index (χ1) is 8.96. The molecule has 1 unspecified atom stereocenters. The van der Waals surface area contributed by atoms with Gasteiger partial charge in [0.1, 0.15) is 6.07 Å². The molecule has 1 N–H and O–H groups in total. The largest absolute Gasteiger partial charge is 0.315 e. The van der Waals surface area contributed by atoms with Gasteiger partial charge in [0.2, 0.25) is 10.0 Å². The topological polar surface area (TPSA) is 73.2 Å². The van der Waals surface area contributed by atoms with E-state index in [0.29, 0.717) is 6.54 Å². The maximum atomic E-state index is 12.4. The summed E-state index contributed by atoms with van der Waals surface area (Å²) in [5, 5.41) is 12.3. The summed E-state index contributed by atoms with van der Waals surface area (Å²) in [5.74, 6) is 0. The van der Waals surface area contributed by atoms with Gasteiger partial charge in [-0.2, -0.15) is 9.57 Å². The molecule has 19 heavy (non-hydrogen) atoms. The summed E-state index contributed by atoms with van der Waals surface area (Å²) in [6, 6.07) is 6.02. The van der Waals surface area contributed by atoms with Gasteiger partial charge < -0.3 is 5.32 Å². The minimum atomic E-state index is -3.59. The number of halogens is 1. The molecule has 0 bridgehead atoms. The van der Waals surface area contributed by atoms with E-state index in [4.69, 9.17) is 16.9 Å². The second kappa shape index (κ2) is 5.47. The lowest BCUT2D eigenvalue weighted by Gasteiger charge is -2.23. The number of nitriles is 1. The van der Waals surface area contributed by atoms with Crippen LogP contribution in [0.25, 0.3) is 0 Å². The Morgan fingerprint density at radius 1 is 1.53 bits per heavy atom. The molecule has 1 aliphatic rings. The Kier molecular flexibility index (Phi) is 4.11. The molecule has 0 aliphatic carbocycles. The summed E-state index contributed by atoms with van der Waals surface area (Å²) < 4.78 is 26.2. The summed E-state index contributed by atoms with van der Waals surface area (Å²) in [5.41, 5.74) is 0.167. The Bertz CT molecular complexity index is 618. The molecule has 0 radical (unpaired) electrons. The van der Waals surface area contributed by atoms with E-state index >= 15 is 0 Å². The van der Waals surface area contributed by atoms with Crippen molar-refractivity contribution in [3.63, 3.8) is 0 Å². The van der Waals surface area contributed by atoms with Gasteiger partial charge in [0.25, 0.3) is 0 Å². The van der Waals surface area contributed by atoms with E-state index < -0.39 is 10.0 Å². The van der Waals surface area contributed by atoms with Gasteiger partial charge in [-0.05, 0) is 31.2 Å². The van der Waals surface area contributed by atoms with Crippen LogP contribution in [-0.4, -0.2) is 38.9 Å². The van der Waals surface area contributed by atoms with Gasteiger partial charge in [0.05, 0.1) is 15.5 Å². The molecule has 1 atom stereocenters. The molecule has 1 heterocycles. The summed E-state index contributed by atoms with van der Waals surface area (Å²) in [7, 11) is -2.03. The number of hydrogen-bond acceptors (Lipinski definition) is 4. The number of sulfonamides is 1. The first-order valence-electron chi connectivity index (χ1n) is 5.85. The zero-order valence-corrected chi connectivity index (χ0v) is 12.0. The lowest BCUT2D eigenvalue weighted by Crippen LogP contribution is -2.38. The van der Waals surface area contributed by atoms with Crippen molar-refractivity contribution in [2.45, 2.75) is 17.4 Å². The molecule has 0 spiro atoms. The lowest BCUT2D eigenvalue weighted by molar-refractivity contribution is 0.388. The zero-order chi connectivity index (χ0) is 14.0. The zero-order valence-electron chi connectivity index (χ0n) is 10.4. The van der Waals surface area contributed by atoms with Crippen LogP contribution >= 0.6 is 11.6 Å². The molecule has 7 heteroatoms. The second-order valence-electron chi connectivity index (χ2n) is 4.42. The quantitative estimate of drug-likeness (QED) is 0.910. The average molecular weight is 300 g/mol. The number of rotatable bonds is 3. The minimum Gasteiger partial charge on any atom is -0.315 e. The molecule has 1 fully saturated rings. The Labute approximate surface area is 117 Å². The third-order valence-corrected chi connectivity index (χ3v) is 5.52. The van der Waals surface area contributed by atoms with Gasteiger partial charge in [-0.3, -0.25) is 0 Å². The highest BCUT2D eigenvalue weighted by Gasteiger charge is 2.30. The predicted octanol–water partition coefficient (Wildman–Crippen LogP) is 1.19. The molecule has 1 aromatic rings. The van der Waals surface area contributed by atoms with E-state index in [0.717, 1.165) is 13.0 Å².